The maximum Gasteiger partial charge on any atom is 0.233 e. The van der Waals surface area contributed by atoms with Gasteiger partial charge in [0.05, 0.1) is 11.3 Å². The van der Waals surface area contributed by atoms with E-state index in [1.54, 1.807) is 0 Å². The highest BCUT2D eigenvalue weighted by molar-refractivity contribution is 7.81. The lowest BCUT2D eigenvalue weighted by Crippen LogP contribution is -2.36. The summed E-state index contributed by atoms with van der Waals surface area (Å²) in [5.41, 5.74) is 2.34. The molecule has 0 aliphatic rings. The van der Waals surface area contributed by atoms with Gasteiger partial charge >= 0.3 is 0 Å². The first kappa shape index (κ1) is 14.1. The number of rotatable bonds is 4. The van der Waals surface area contributed by atoms with Gasteiger partial charge in [-0.2, -0.15) is 12.6 Å². The van der Waals surface area contributed by atoms with Crippen molar-refractivity contribution in [3.8, 4) is 0 Å². The summed E-state index contributed by atoms with van der Waals surface area (Å²) in [5, 5.41) is 2.73. The first-order chi connectivity index (χ1) is 7.91. The molecule has 2 nitrogen and oxygen atoms in total. The summed E-state index contributed by atoms with van der Waals surface area (Å²) in [5.74, 6) is 0.236. The molecule has 0 radical (unpaired) electrons. The van der Waals surface area contributed by atoms with Crippen molar-refractivity contribution in [2.24, 2.45) is 5.92 Å². The molecule has 0 bridgehead atoms. The van der Waals surface area contributed by atoms with Gasteiger partial charge in [0.1, 0.15) is 0 Å². The molecule has 1 amide bonds. The van der Waals surface area contributed by atoms with Crippen molar-refractivity contribution < 1.29 is 4.79 Å². The Labute approximate surface area is 109 Å². The lowest BCUT2D eigenvalue weighted by atomic mass is 10.1. The molecule has 2 unspecified atom stereocenters. The summed E-state index contributed by atoms with van der Waals surface area (Å²) in [6, 6.07) is 8.22. The van der Waals surface area contributed by atoms with Gasteiger partial charge in [0.2, 0.25) is 5.91 Å². The van der Waals surface area contributed by atoms with Crippen LogP contribution in [0.25, 0.3) is 0 Å². The fourth-order valence-electron chi connectivity index (χ4n) is 1.54. The first-order valence-electron chi connectivity index (χ1n) is 5.97. The van der Waals surface area contributed by atoms with E-state index in [1.807, 2.05) is 32.9 Å². The Morgan fingerprint density at radius 1 is 1.18 bits per heavy atom. The molecule has 3 heteroatoms. The highest BCUT2D eigenvalue weighted by Gasteiger charge is 2.19. The van der Waals surface area contributed by atoms with E-state index in [1.165, 1.54) is 5.56 Å². The van der Waals surface area contributed by atoms with Crippen LogP contribution in [0.3, 0.4) is 0 Å². The van der Waals surface area contributed by atoms with Gasteiger partial charge in [-0.05, 0) is 25.3 Å². The average molecular weight is 251 g/mol. The van der Waals surface area contributed by atoms with Crippen LogP contribution in [0.2, 0.25) is 0 Å². The molecule has 0 aromatic heterocycles. The second kappa shape index (κ2) is 6.10. The number of nitrogens with one attached hydrogen (secondary N) is 1. The van der Waals surface area contributed by atoms with Gasteiger partial charge in [-0.25, -0.2) is 0 Å². The fraction of sp³-hybridized carbons (Fsp3) is 0.500. The SMILES string of the molecule is Cc1ccc(C(C)NC(=O)C(S)C(C)C)cc1. The van der Waals surface area contributed by atoms with E-state index in [9.17, 15) is 4.79 Å². The molecule has 0 aliphatic heterocycles. The van der Waals surface area contributed by atoms with Gasteiger partial charge in [0.15, 0.2) is 0 Å². The molecule has 0 fully saturated rings. The van der Waals surface area contributed by atoms with Gasteiger partial charge in [-0.15, -0.1) is 0 Å². The van der Waals surface area contributed by atoms with Crippen molar-refractivity contribution >= 4 is 18.5 Å². The van der Waals surface area contributed by atoms with Crippen molar-refractivity contribution in [2.75, 3.05) is 0 Å². The number of carbonyl (C=O) groups is 1. The van der Waals surface area contributed by atoms with E-state index in [-0.39, 0.29) is 23.1 Å². The lowest BCUT2D eigenvalue weighted by molar-refractivity contribution is -0.121. The van der Waals surface area contributed by atoms with Crippen LogP contribution in [0.15, 0.2) is 24.3 Å². The second-order valence-electron chi connectivity index (χ2n) is 4.83. The van der Waals surface area contributed by atoms with Crippen LogP contribution in [-0.4, -0.2) is 11.2 Å². The predicted octanol–water partition coefficient (Wildman–Crippen LogP) is 3.13. The molecular weight excluding hydrogens is 230 g/mol. The molecule has 0 spiro atoms. The number of amides is 1. The highest BCUT2D eigenvalue weighted by atomic mass is 32.1. The van der Waals surface area contributed by atoms with Gasteiger partial charge in [0.25, 0.3) is 0 Å². The third-order valence-corrected chi connectivity index (χ3v) is 3.67. The van der Waals surface area contributed by atoms with E-state index in [2.05, 4.69) is 37.0 Å². The van der Waals surface area contributed by atoms with Gasteiger partial charge in [-0.3, -0.25) is 4.79 Å². The molecule has 0 saturated carbocycles. The van der Waals surface area contributed by atoms with Crippen molar-refractivity contribution in [1.29, 1.82) is 0 Å². The molecule has 0 aliphatic carbocycles. The van der Waals surface area contributed by atoms with E-state index in [0.717, 1.165) is 5.56 Å². The number of carbonyl (C=O) groups excluding carboxylic acids is 1. The standard InChI is InChI=1S/C14H21NOS/c1-9(2)13(17)14(16)15-11(4)12-7-5-10(3)6-8-12/h5-9,11,13,17H,1-4H3,(H,15,16). The van der Waals surface area contributed by atoms with E-state index in [4.69, 9.17) is 0 Å². The summed E-state index contributed by atoms with van der Waals surface area (Å²) in [7, 11) is 0. The topological polar surface area (TPSA) is 29.1 Å². The normalized spacial score (nSPS) is 14.5. The van der Waals surface area contributed by atoms with Crippen molar-refractivity contribution in [3.63, 3.8) is 0 Å². The third-order valence-electron chi connectivity index (χ3n) is 2.84. The summed E-state index contributed by atoms with van der Waals surface area (Å²) in [4.78, 5) is 11.8. The Morgan fingerprint density at radius 3 is 2.18 bits per heavy atom. The van der Waals surface area contributed by atoms with Crippen LogP contribution in [0, 0.1) is 12.8 Å². The summed E-state index contributed by atoms with van der Waals surface area (Å²) in [6.45, 7) is 8.03. The Kier molecular flexibility index (Phi) is 5.06. The zero-order chi connectivity index (χ0) is 13.0. The van der Waals surface area contributed by atoms with Gasteiger partial charge < -0.3 is 5.32 Å². The zero-order valence-corrected chi connectivity index (χ0v) is 11.8. The number of benzene rings is 1. The Morgan fingerprint density at radius 2 is 1.71 bits per heavy atom. The average Bonchev–Trinajstić information content (AvgIpc) is 2.28. The lowest BCUT2D eigenvalue weighted by Gasteiger charge is -2.19. The summed E-state index contributed by atoms with van der Waals surface area (Å²) in [6.07, 6.45) is 0. The van der Waals surface area contributed by atoms with Crippen molar-refractivity contribution in [1.82, 2.24) is 5.32 Å². The monoisotopic (exact) mass is 251 g/mol. The van der Waals surface area contributed by atoms with Crippen LogP contribution in [0.1, 0.15) is 37.9 Å². The Balaban J connectivity index is 2.63. The van der Waals surface area contributed by atoms with Crippen LogP contribution in [0.4, 0.5) is 0 Å². The maximum atomic E-state index is 11.8. The van der Waals surface area contributed by atoms with Crippen LogP contribution >= 0.6 is 12.6 Å². The van der Waals surface area contributed by atoms with Crippen LogP contribution in [-0.2, 0) is 4.79 Å². The van der Waals surface area contributed by atoms with E-state index >= 15 is 0 Å². The molecule has 1 aromatic rings. The smallest absolute Gasteiger partial charge is 0.233 e. The van der Waals surface area contributed by atoms with Crippen LogP contribution in [0.5, 0.6) is 0 Å². The quantitative estimate of drug-likeness (QED) is 0.791. The van der Waals surface area contributed by atoms with Crippen molar-refractivity contribution in [2.45, 2.75) is 39.0 Å². The predicted molar refractivity (Wildman–Crippen MR) is 75.3 cm³/mol. The van der Waals surface area contributed by atoms with Gasteiger partial charge in [0, 0.05) is 0 Å². The third kappa shape index (κ3) is 4.08. The van der Waals surface area contributed by atoms with Gasteiger partial charge in [-0.1, -0.05) is 43.7 Å². The number of hydrogen-bond acceptors (Lipinski definition) is 2. The molecule has 1 rings (SSSR count). The minimum atomic E-state index is -0.247. The van der Waals surface area contributed by atoms with E-state index < -0.39 is 0 Å². The molecule has 94 valence electrons. The molecular formula is C14H21NOS. The number of thiol groups is 1. The van der Waals surface area contributed by atoms with Crippen LogP contribution < -0.4 is 5.32 Å². The minimum Gasteiger partial charge on any atom is -0.349 e. The molecule has 0 heterocycles. The molecule has 0 saturated heterocycles. The molecule has 2 atom stereocenters. The number of aryl methyl sites for hydroxylation is 1. The largest absolute Gasteiger partial charge is 0.349 e. The Hall–Kier alpha value is -0.960. The zero-order valence-electron chi connectivity index (χ0n) is 10.9. The first-order valence-corrected chi connectivity index (χ1v) is 6.48. The van der Waals surface area contributed by atoms with E-state index in [0.29, 0.717) is 0 Å². The highest BCUT2D eigenvalue weighted by Crippen LogP contribution is 2.15. The fourth-order valence-corrected chi connectivity index (χ4v) is 1.61. The number of hydrogen-bond donors (Lipinski definition) is 2. The minimum absolute atomic E-state index is 0.00333. The second-order valence-corrected chi connectivity index (χ2v) is 5.39. The summed E-state index contributed by atoms with van der Waals surface area (Å²) >= 11 is 4.31. The molecule has 1 N–H and O–H groups in total. The maximum absolute atomic E-state index is 11.8. The molecule has 1 aromatic carbocycles. The molecule has 17 heavy (non-hydrogen) atoms. The van der Waals surface area contributed by atoms with Crippen molar-refractivity contribution in [3.05, 3.63) is 35.4 Å². The summed E-state index contributed by atoms with van der Waals surface area (Å²) < 4.78 is 0. The Bertz CT molecular complexity index is 372.